The number of carbonyl (C=O) groups is 2. The van der Waals surface area contributed by atoms with Crippen LogP contribution in [-0.2, 0) is 11.3 Å². The maximum absolute atomic E-state index is 14.0. The monoisotopic (exact) mass is 476 g/mol. The highest BCUT2D eigenvalue weighted by Crippen LogP contribution is 2.33. The van der Waals surface area contributed by atoms with E-state index in [1.54, 1.807) is 18.2 Å². The first-order valence-corrected chi connectivity index (χ1v) is 11.5. The Balaban J connectivity index is 1.79. The molecule has 3 aromatic carbocycles. The second-order valence-corrected chi connectivity index (χ2v) is 9.47. The average Bonchev–Trinajstić information content (AvgIpc) is 2.83. The molecule has 0 saturated heterocycles. The van der Waals surface area contributed by atoms with E-state index in [2.05, 4.69) is 5.32 Å². The summed E-state index contributed by atoms with van der Waals surface area (Å²) in [6.07, 6.45) is 0. The Labute approximate surface area is 204 Å². The molecule has 6 nitrogen and oxygen atoms in total. The average molecular weight is 477 g/mol. The molecule has 0 fully saturated rings. The SMILES string of the molecule is CC(C)(C)NC(=O)[C@H](c1ccc(F)cc1)N(Cc1ccccc1)C(=O)c1ccc2c(c1)OCCO2. The van der Waals surface area contributed by atoms with E-state index in [0.29, 0.717) is 35.8 Å². The van der Waals surface area contributed by atoms with E-state index in [-0.39, 0.29) is 18.4 Å². The highest BCUT2D eigenvalue weighted by Gasteiger charge is 2.34. The Morgan fingerprint density at radius 1 is 0.943 bits per heavy atom. The van der Waals surface area contributed by atoms with Gasteiger partial charge in [0.25, 0.3) is 5.91 Å². The van der Waals surface area contributed by atoms with Gasteiger partial charge in [0.2, 0.25) is 5.91 Å². The van der Waals surface area contributed by atoms with E-state index >= 15 is 0 Å². The highest BCUT2D eigenvalue weighted by atomic mass is 19.1. The van der Waals surface area contributed by atoms with Crippen molar-refractivity contribution in [1.29, 1.82) is 0 Å². The van der Waals surface area contributed by atoms with E-state index in [4.69, 9.17) is 9.47 Å². The number of nitrogens with zero attached hydrogens (tertiary/aromatic N) is 1. The number of halogens is 1. The van der Waals surface area contributed by atoms with Crippen molar-refractivity contribution in [3.05, 3.63) is 95.3 Å². The van der Waals surface area contributed by atoms with Crippen LogP contribution in [0.1, 0.15) is 48.3 Å². The molecule has 2 amide bonds. The summed E-state index contributed by atoms with van der Waals surface area (Å²) >= 11 is 0. The fourth-order valence-corrected chi connectivity index (χ4v) is 3.96. The zero-order chi connectivity index (χ0) is 25.0. The lowest BCUT2D eigenvalue weighted by Gasteiger charge is -2.34. The van der Waals surface area contributed by atoms with Gasteiger partial charge >= 0.3 is 0 Å². The first kappa shape index (κ1) is 24.3. The predicted molar refractivity (Wildman–Crippen MR) is 131 cm³/mol. The quantitative estimate of drug-likeness (QED) is 0.550. The molecular weight excluding hydrogens is 447 g/mol. The van der Waals surface area contributed by atoms with Gasteiger partial charge in [0.1, 0.15) is 25.1 Å². The number of rotatable bonds is 6. The van der Waals surface area contributed by atoms with E-state index in [0.717, 1.165) is 5.56 Å². The van der Waals surface area contributed by atoms with Gasteiger partial charge in [-0.3, -0.25) is 9.59 Å². The van der Waals surface area contributed by atoms with Crippen LogP contribution in [0.15, 0.2) is 72.8 Å². The topological polar surface area (TPSA) is 67.9 Å². The van der Waals surface area contributed by atoms with Crippen molar-refractivity contribution < 1.29 is 23.5 Å². The minimum absolute atomic E-state index is 0.174. The van der Waals surface area contributed by atoms with Gasteiger partial charge in [0.05, 0.1) is 0 Å². The third-order valence-electron chi connectivity index (χ3n) is 5.49. The second kappa shape index (κ2) is 10.2. The lowest BCUT2D eigenvalue weighted by molar-refractivity contribution is -0.127. The molecule has 0 radical (unpaired) electrons. The lowest BCUT2D eigenvalue weighted by atomic mass is 9.99. The Hall–Kier alpha value is -3.87. The second-order valence-electron chi connectivity index (χ2n) is 9.47. The fraction of sp³-hybridized carbons (Fsp3) is 0.286. The van der Waals surface area contributed by atoms with Gasteiger partial charge < -0.3 is 19.7 Å². The Morgan fingerprint density at radius 3 is 2.26 bits per heavy atom. The molecule has 0 spiro atoms. The number of fused-ring (bicyclic) bond motifs is 1. The van der Waals surface area contributed by atoms with Gasteiger partial charge in [-0.1, -0.05) is 42.5 Å². The van der Waals surface area contributed by atoms with Crippen molar-refractivity contribution in [2.24, 2.45) is 0 Å². The standard InChI is InChI=1S/C28H29FN2O4/c1-28(2,3)30-26(32)25(20-9-12-22(29)13-10-20)31(18-19-7-5-4-6-8-19)27(33)21-11-14-23-24(17-21)35-16-15-34-23/h4-14,17,25H,15-16,18H2,1-3H3,(H,30,32)/t25-/m0/s1. The first-order chi connectivity index (χ1) is 16.7. The van der Waals surface area contributed by atoms with Gasteiger partial charge in [0.15, 0.2) is 11.5 Å². The Bertz CT molecular complexity index is 1190. The molecule has 3 aromatic rings. The van der Waals surface area contributed by atoms with Gasteiger partial charge in [-0.25, -0.2) is 4.39 Å². The molecular formula is C28H29FN2O4. The number of hydrogen-bond acceptors (Lipinski definition) is 4. The third kappa shape index (κ3) is 5.98. The molecule has 0 unspecified atom stereocenters. The summed E-state index contributed by atoms with van der Waals surface area (Å²) in [5.41, 5.74) is 1.19. The van der Waals surface area contributed by atoms with Crippen molar-refractivity contribution in [3.8, 4) is 11.5 Å². The van der Waals surface area contributed by atoms with Crippen molar-refractivity contribution >= 4 is 11.8 Å². The summed E-state index contributed by atoms with van der Waals surface area (Å²) in [5.74, 6) is -0.0751. The maximum Gasteiger partial charge on any atom is 0.255 e. The van der Waals surface area contributed by atoms with Gasteiger partial charge in [-0.2, -0.15) is 0 Å². The van der Waals surface area contributed by atoms with Crippen LogP contribution < -0.4 is 14.8 Å². The maximum atomic E-state index is 14.0. The van der Waals surface area contributed by atoms with Gasteiger partial charge in [-0.15, -0.1) is 0 Å². The van der Waals surface area contributed by atoms with Crippen molar-refractivity contribution in [1.82, 2.24) is 10.2 Å². The number of hydrogen-bond donors (Lipinski definition) is 1. The minimum atomic E-state index is -0.990. The molecule has 0 aliphatic carbocycles. The van der Waals surface area contributed by atoms with E-state index in [9.17, 15) is 14.0 Å². The molecule has 1 N–H and O–H groups in total. The molecule has 0 aromatic heterocycles. The molecule has 1 atom stereocenters. The van der Waals surface area contributed by atoms with E-state index in [1.165, 1.54) is 29.2 Å². The van der Waals surface area contributed by atoms with Gasteiger partial charge in [0, 0.05) is 17.6 Å². The summed E-state index contributed by atoms with van der Waals surface area (Å²) in [6, 6.07) is 19.1. The zero-order valence-electron chi connectivity index (χ0n) is 20.1. The van der Waals surface area contributed by atoms with Crippen LogP contribution in [0.2, 0.25) is 0 Å². The number of carbonyl (C=O) groups excluding carboxylic acids is 2. The lowest BCUT2D eigenvalue weighted by Crippen LogP contribution is -2.49. The van der Waals surface area contributed by atoms with Crippen LogP contribution in [0.3, 0.4) is 0 Å². The molecule has 182 valence electrons. The van der Waals surface area contributed by atoms with Crippen LogP contribution in [0.4, 0.5) is 4.39 Å². The van der Waals surface area contributed by atoms with Crippen molar-refractivity contribution in [3.63, 3.8) is 0 Å². The molecule has 0 saturated carbocycles. The van der Waals surface area contributed by atoms with Crippen LogP contribution in [0, 0.1) is 5.82 Å². The molecule has 1 aliphatic heterocycles. The molecule has 1 heterocycles. The van der Waals surface area contributed by atoms with E-state index < -0.39 is 17.4 Å². The summed E-state index contributed by atoms with van der Waals surface area (Å²) in [5, 5.41) is 2.98. The van der Waals surface area contributed by atoms with Crippen LogP contribution in [-0.4, -0.2) is 35.5 Å². The molecule has 7 heteroatoms. The van der Waals surface area contributed by atoms with E-state index in [1.807, 2.05) is 51.1 Å². The summed E-state index contributed by atoms with van der Waals surface area (Å²) < 4.78 is 25.0. The number of nitrogens with one attached hydrogen (secondary N) is 1. The molecule has 0 bridgehead atoms. The number of amides is 2. The first-order valence-electron chi connectivity index (χ1n) is 11.5. The van der Waals surface area contributed by atoms with Crippen LogP contribution in [0.25, 0.3) is 0 Å². The fourth-order valence-electron chi connectivity index (χ4n) is 3.96. The number of benzene rings is 3. The zero-order valence-corrected chi connectivity index (χ0v) is 20.1. The summed E-state index contributed by atoms with van der Waals surface area (Å²) in [7, 11) is 0. The molecule has 35 heavy (non-hydrogen) atoms. The number of ether oxygens (including phenoxy) is 2. The molecule has 4 rings (SSSR count). The minimum Gasteiger partial charge on any atom is -0.486 e. The predicted octanol–water partition coefficient (Wildman–Crippen LogP) is 4.90. The molecule has 1 aliphatic rings. The largest absolute Gasteiger partial charge is 0.486 e. The third-order valence-corrected chi connectivity index (χ3v) is 5.49. The highest BCUT2D eigenvalue weighted by molar-refractivity contribution is 5.98. The van der Waals surface area contributed by atoms with Gasteiger partial charge in [-0.05, 0) is 62.2 Å². The normalized spacial score (nSPS) is 13.6. The Morgan fingerprint density at radius 2 is 1.60 bits per heavy atom. The van der Waals surface area contributed by atoms with Crippen LogP contribution >= 0.6 is 0 Å². The van der Waals surface area contributed by atoms with Crippen LogP contribution in [0.5, 0.6) is 11.5 Å². The summed E-state index contributed by atoms with van der Waals surface area (Å²) in [4.78, 5) is 29.1. The Kier molecular flexibility index (Phi) is 7.05. The van der Waals surface area contributed by atoms with Crippen molar-refractivity contribution in [2.45, 2.75) is 38.9 Å². The smallest absolute Gasteiger partial charge is 0.255 e. The van der Waals surface area contributed by atoms with Crippen molar-refractivity contribution in [2.75, 3.05) is 13.2 Å². The summed E-state index contributed by atoms with van der Waals surface area (Å²) in [6.45, 7) is 6.63.